The molecule has 2 unspecified atom stereocenters. The van der Waals surface area contributed by atoms with Gasteiger partial charge in [0, 0.05) is 6.54 Å². The highest BCUT2D eigenvalue weighted by Gasteiger charge is 2.34. The van der Waals surface area contributed by atoms with Crippen molar-refractivity contribution in [1.82, 2.24) is 4.90 Å². The fourth-order valence-corrected chi connectivity index (χ4v) is 2.85. The summed E-state index contributed by atoms with van der Waals surface area (Å²) in [6.07, 6.45) is 7.27. The molecule has 2 rings (SSSR count). The Balaban J connectivity index is 1.63. The van der Waals surface area contributed by atoms with Crippen LogP contribution in [0, 0.1) is 17.8 Å². The summed E-state index contributed by atoms with van der Waals surface area (Å²) in [6, 6.07) is 0. The molecule has 1 heterocycles. The van der Waals surface area contributed by atoms with E-state index in [0.29, 0.717) is 0 Å². The zero-order valence-electron chi connectivity index (χ0n) is 9.84. The topological polar surface area (TPSA) is 3.24 Å². The number of nitrogens with zero attached hydrogens (tertiary/aromatic N) is 1. The first-order valence-electron chi connectivity index (χ1n) is 6.52. The minimum atomic E-state index is 1.03. The second-order valence-electron chi connectivity index (χ2n) is 5.51. The molecule has 1 saturated carbocycles. The van der Waals surface area contributed by atoms with Crippen molar-refractivity contribution in [3.8, 4) is 0 Å². The van der Waals surface area contributed by atoms with Crippen molar-refractivity contribution in [3.05, 3.63) is 0 Å². The third-order valence-corrected chi connectivity index (χ3v) is 4.17. The van der Waals surface area contributed by atoms with Crippen LogP contribution in [0.4, 0.5) is 0 Å². The number of hydrogen-bond acceptors (Lipinski definition) is 1. The van der Waals surface area contributed by atoms with Crippen LogP contribution in [-0.4, -0.2) is 24.5 Å². The molecule has 0 aromatic heterocycles. The van der Waals surface area contributed by atoms with E-state index in [1.165, 1.54) is 51.7 Å². The largest absolute Gasteiger partial charge is 0.303 e. The van der Waals surface area contributed by atoms with Gasteiger partial charge in [-0.05, 0) is 50.1 Å². The highest BCUT2D eigenvalue weighted by Crippen LogP contribution is 2.38. The Labute approximate surface area is 88.9 Å². The van der Waals surface area contributed by atoms with E-state index >= 15 is 0 Å². The maximum Gasteiger partial charge on any atom is 0.00123 e. The van der Waals surface area contributed by atoms with Crippen LogP contribution in [0.1, 0.15) is 46.0 Å². The van der Waals surface area contributed by atoms with Gasteiger partial charge in [-0.1, -0.05) is 26.7 Å². The predicted octanol–water partition coefficient (Wildman–Crippen LogP) is 3.15. The molecule has 0 aromatic rings. The summed E-state index contributed by atoms with van der Waals surface area (Å²) in [7, 11) is 0. The molecule has 2 fully saturated rings. The molecule has 2 aliphatic rings. The lowest BCUT2D eigenvalue weighted by Crippen LogP contribution is -2.35. The van der Waals surface area contributed by atoms with E-state index in [-0.39, 0.29) is 0 Å². The Morgan fingerprint density at radius 3 is 2.36 bits per heavy atom. The van der Waals surface area contributed by atoms with Gasteiger partial charge in [0.05, 0.1) is 0 Å². The molecule has 1 aliphatic carbocycles. The van der Waals surface area contributed by atoms with Crippen LogP contribution in [0.25, 0.3) is 0 Å². The lowest BCUT2D eigenvalue weighted by atomic mass is 9.92. The summed E-state index contributed by atoms with van der Waals surface area (Å²) in [5, 5.41) is 0. The van der Waals surface area contributed by atoms with Crippen LogP contribution in [0.5, 0.6) is 0 Å². The molecule has 2 atom stereocenters. The normalized spacial score (nSPS) is 34.7. The first-order valence-corrected chi connectivity index (χ1v) is 6.52. The second kappa shape index (κ2) is 4.65. The van der Waals surface area contributed by atoms with E-state index in [2.05, 4.69) is 18.7 Å². The molecule has 1 heteroatoms. The van der Waals surface area contributed by atoms with Crippen LogP contribution in [0.15, 0.2) is 0 Å². The minimum Gasteiger partial charge on any atom is -0.303 e. The number of likely N-dealkylation sites (tertiary alicyclic amines) is 1. The van der Waals surface area contributed by atoms with Crippen LogP contribution in [-0.2, 0) is 0 Å². The van der Waals surface area contributed by atoms with E-state index in [4.69, 9.17) is 0 Å². The monoisotopic (exact) mass is 195 g/mol. The molecule has 1 aliphatic heterocycles. The molecular formula is C13H25N. The van der Waals surface area contributed by atoms with Crippen LogP contribution in [0.2, 0.25) is 0 Å². The van der Waals surface area contributed by atoms with Gasteiger partial charge in [-0.25, -0.2) is 0 Å². The highest BCUT2D eigenvalue weighted by atomic mass is 15.1. The average molecular weight is 195 g/mol. The van der Waals surface area contributed by atoms with Gasteiger partial charge in [-0.15, -0.1) is 0 Å². The molecule has 0 aromatic carbocycles. The molecule has 1 nitrogen and oxygen atoms in total. The summed E-state index contributed by atoms with van der Waals surface area (Å²) in [6.45, 7) is 8.88. The summed E-state index contributed by atoms with van der Waals surface area (Å²) >= 11 is 0. The Hall–Kier alpha value is -0.0400. The van der Waals surface area contributed by atoms with Crippen molar-refractivity contribution >= 4 is 0 Å². The van der Waals surface area contributed by atoms with Gasteiger partial charge in [0.15, 0.2) is 0 Å². The lowest BCUT2D eigenvalue weighted by molar-refractivity contribution is 0.171. The molecule has 0 N–H and O–H groups in total. The standard InChI is InChI=1S/C13H25N/c1-3-4-12-5-7-14(8-6-12)10-13-9-11(13)2/h11-13H,3-10H2,1-2H3. The van der Waals surface area contributed by atoms with E-state index in [0.717, 1.165) is 17.8 Å². The van der Waals surface area contributed by atoms with Gasteiger partial charge >= 0.3 is 0 Å². The summed E-state index contributed by atoms with van der Waals surface area (Å²) < 4.78 is 0. The maximum atomic E-state index is 2.71. The predicted molar refractivity (Wildman–Crippen MR) is 61.3 cm³/mol. The fraction of sp³-hybridized carbons (Fsp3) is 1.00. The Kier molecular flexibility index (Phi) is 3.48. The van der Waals surface area contributed by atoms with E-state index in [1.807, 2.05) is 0 Å². The van der Waals surface area contributed by atoms with Crippen LogP contribution in [0.3, 0.4) is 0 Å². The van der Waals surface area contributed by atoms with Gasteiger partial charge in [0.25, 0.3) is 0 Å². The summed E-state index contributed by atoms with van der Waals surface area (Å²) in [5.74, 6) is 3.13. The molecule has 82 valence electrons. The maximum absolute atomic E-state index is 2.71. The van der Waals surface area contributed by atoms with Gasteiger partial charge in [0.2, 0.25) is 0 Å². The lowest BCUT2D eigenvalue weighted by Gasteiger charge is -2.31. The third-order valence-electron chi connectivity index (χ3n) is 4.17. The quantitative estimate of drug-likeness (QED) is 0.666. The van der Waals surface area contributed by atoms with E-state index in [9.17, 15) is 0 Å². The molecule has 0 amide bonds. The molecule has 0 radical (unpaired) electrons. The average Bonchev–Trinajstić information content (AvgIpc) is 2.86. The van der Waals surface area contributed by atoms with Crippen LogP contribution < -0.4 is 0 Å². The van der Waals surface area contributed by atoms with Gasteiger partial charge in [0.1, 0.15) is 0 Å². The zero-order chi connectivity index (χ0) is 9.97. The van der Waals surface area contributed by atoms with Crippen molar-refractivity contribution in [1.29, 1.82) is 0 Å². The fourth-order valence-electron chi connectivity index (χ4n) is 2.85. The highest BCUT2D eigenvalue weighted by molar-refractivity contribution is 4.86. The number of piperidine rings is 1. The van der Waals surface area contributed by atoms with Gasteiger partial charge < -0.3 is 4.90 Å². The smallest absolute Gasteiger partial charge is 0.00123 e. The van der Waals surface area contributed by atoms with Crippen molar-refractivity contribution in [2.75, 3.05) is 19.6 Å². The second-order valence-corrected chi connectivity index (χ2v) is 5.51. The third kappa shape index (κ3) is 2.73. The van der Waals surface area contributed by atoms with Crippen molar-refractivity contribution in [2.24, 2.45) is 17.8 Å². The first-order chi connectivity index (χ1) is 6.79. The van der Waals surface area contributed by atoms with Crippen LogP contribution >= 0.6 is 0 Å². The zero-order valence-corrected chi connectivity index (χ0v) is 9.84. The molecular weight excluding hydrogens is 170 g/mol. The summed E-state index contributed by atoms with van der Waals surface area (Å²) in [4.78, 5) is 2.71. The Morgan fingerprint density at radius 2 is 1.86 bits per heavy atom. The molecule has 14 heavy (non-hydrogen) atoms. The Bertz CT molecular complexity index is 170. The molecule has 0 bridgehead atoms. The van der Waals surface area contributed by atoms with Crippen molar-refractivity contribution in [2.45, 2.75) is 46.0 Å². The minimum absolute atomic E-state index is 1.03. The molecule has 1 saturated heterocycles. The van der Waals surface area contributed by atoms with E-state index < -0.39 is 0 Å². The number of hydrogen-bond donors (Lipinski definition) is 0. The number of rotatable bonds is 4. The van der Waals surface area contributed by atoms with E-state index in [1.54, 1.807) is 0 Å². The van der Waals surface area contributed by atoms with Gasteiger partial charge in [-0.3, -0.25) is 0 Å². The first kappa shape index (κ1) is 10.5. The summed E-state index contributed by atoms with van der Waals surface area (Å²) in [5.41, 5.74) is 0. The van der Waals surface area contributed by atoms with Gasteiger partial charge in [-0.2, -0.15) is 0 Å². The van der Waals surface area contributed by atoms with Crippen molar-refractivity contribution in [3.63, 3.8) is 0 Å². The Morgan fingerprint density at radius 1 is 1.21 bits per heavy atom. The van der Waals surface area contributed by atoms with Crippen molar-refractivity contribution < 1.29 is 0 Å². The SMILES string of the molecule is CCCC1CCN(CC2CC2C)CC1. The molecule has 0 spiro atoms.